The molecule has 1 rings (SSSR count). The summed E-state index contributed by atoms with van der Waals surface area (Å²) in [6, 6.07) is 1.90. The zero-order chi connectivity index (χ0) is 11.3. The van der Waals surface area contributed by atoms with Crippen molar-refractivity contribution in [2.45, 2.75) is 25.5 Å². The van der Waals surface area contributed by atoms with Crippen molar-refractivity contribution in [1.29, 1.82) is 0 Å². The van der Waals surface area contributed by atoms with Crippen molar-refractivity contribution < 1.29 is 4.74 Å². The average Bonchev–Trinajstić information content (AvgIpc) is 2.27. The van der Waals surface area contributed by atoms with Crippen LogP contribution in [0.25, 0.3) is 0 Å². The van der Waals surface area contributed by atoms with Crippen LogP contribution in [0.15, 0.2) is 18.5 Å². The lowest BCUT2D eigenvalue weighted by atomic mass is 10.00. The quantitative estimate of drug-likeness (QED) is 0.768. The first-order chi connectivity index (χ1) is 7.24. The van der Waals surface area contributed by atoms with Crippen molar-refractivity contribution >= 4 is 5.69 Å². The first-order valence-corrected chi connectivity index (χ1v) is 5.14. The molecule has 0 spiro atoms. The van der Waals surface area contributed by atoms with Crippen LogP contribution in [0.2, 0.25) is 0 Å². The number of pyridine rings is 1. The fourth-order valence-electron chi connectivity index (χ4n) is 1.76. The van der Waals surface area contributed by atoms with Gasteiger partial charge < -0.3 is 15.8 Å². The average molecular weight is 209 g/mol. The Balaban J connectivity index is 2.96. The molecular formula is C11H19N3O. The first kappa shape index (κ1) is 11.9. The second-order valence-electron chi connectivity index (χ2n) is 3.45. The molecule has 1 heterocycles. The van der Waals surface area contributed by atoms with E-state index in [0.717, 1.165) is 17.7 Å². The Morgan fingerprint density at radius 2 is 2.33 bits per heavy atom. The van der Waals surface area contributed by atoms with Crippen molar-refractivity contribution in [2.75, 3.05) is 19.9 Å². The Bertz CT molecular complexity index is 300. The minimum Gasteiger partial charge on any atom is -0.398 e. The molecule has 0 aromatic carbocycles. The minimum atomic E-state index is 0.0914. The number of hydrogen-bond donors (Lipinski definition) is 2. The molecule has 0 aliphatic heterocycles. The molecule has 2 atom stereocenters. The smallest absolute Gasteiger partial charge is 0.0764 e. The van der Waals surface area contributed by atoms with E-state index >= 15 is 0 Å². The highest BCUT2D eigenvalue weighted by molar-refractivity contribution is 5.46. The van der Waals surface area contributed by atoms with Crippen LogP contribution in [0.4, 0.5) is 5.69 Å². The van der Waals surface area contributed by atoms with E-state index in [2.05, 4.69) is 17.2 Å². The molecule has 2 unspecified atom stereocenters. The molecule has 0 fully saturated rings. The van der Waals surface area contributed by atoms with Crippen LogP contribution in [0.1, 0.15) is 24.9 Å². The monoisotopic (exact) mass is 209 g/mol. The minimum absolute atomic E-state index is 0.0914. The predicted octanol–water partition coefficient (Wildman–Crippen LogP) is 1.35. The van der Waals surface area contributed by atoms with E-state index in [1.165, 1.54) is 0 Å². The molecule has 0 aliphatic rings. The van der Waals surface area contributed by atoms with Crippen LogP contribution in [0.3, 0.4) is 0 Å². The van der Waals surface area contributed by atoms with Crippen molar-refractivity contribution in [3.8, 4) is 0 Å². The molecule has 0 saturated heterocycles. The Morgan fingerprint density at radius 3 is 2.80 bits per heavy atom. The SMILES string of the molecule is CCC(OC)C(NC)c1cnccc1N. The Labute approximate surface area is 90.8 Å². The summed E-state index contributed by atoms with van der Waals surface area (Å²) in [7, 11) is 3.61. The highest BCUT2D eigenvalue weighted by Crippen LogP contribution is 2.24. The van der Waals surface area contributed by atoms with Gasteiger partial charge in [0.15, 0.2) is 0 Å². The summed E-state index contributed by atoms with van der Waals surface area (Å²) < 4.78 is 5.42. The topological polar surface area (TPSA) is 60.2 Å². The summed E-state index contributed by atoms with van der Waals surface area (Å²) in [4.78, 5) is 4.09. The predicted molar refractivity (Wildman–Crippen MR) is 61.5 cm³/mol. The molecule has 0 bridgehead atoms. The van der Waals surface area contributed by atoms with Gasteiger partial charge >= 0.3 is 0 Å². The molecule has 4 nitrogen and oxygen atoms in total. The van der Waals surface area contributed by atoms with Gasteiger partial charge in [-0.15, -0.1) is 0 Å². The molecule has 0 aliphatic carbocycles. The summed E-state index contributed by atoms with van der Waals surface area (Å²) in [5, 5.41) is 3.22. The van der Waals surface area contributed by atoms with Crippen molar-refractivity contribution in [3.63, 3.8) is 0 Å². The lowest BCUT2D eigenvalue weighted by Gasteiger charge is -2.25. The first-order valence-electron chi connectivity index (χ1n) is 5.14. The normalized spacial score (nSPS) is 14.9. The molecular weight excluding hydrogens is 190 g/mol. The van der Waals surface area contributed by atoms with Gasteiger partial charge in [-0.1, -0.05) is 6.92 Å². The maximum absolute atomic E-state index is 5.91. The van der Waals surface area contributed by atoms with Crippen LogP contribution in [-0.4, -0.2) is 25.2 Å². The summed E-state index contributed by atoms with van der Waals surface area (Å²) in [6.45, 7) is 2.09. The highest BCUT2D eigenvalue weighted by atomic mass is 16.5. The summed E-state index contributed by atoms with van der Waals surface area (Å²) in [5.74, 6) is 0. The van der Waals surface area contributed by atoms with Crippen molar-refractivity contribution in [3.05, 3.63) is 24.0 Å². The number of hydrogen-bond acceptors (Lipinski definition) is 4. The Hall–Kier alpha value is -1.13. The van der Waals surface area contributed by atoms with Crippen LogP contribution < -0.4 is 11.1 Å². The lowest BCUT2D eigenvalue weighted by Crippen LogP contribution is -2.31. The fraction of sp³-hybridized carbons (Fsp3) is 0.545. The number of ether oxygens (including phenoxy) is 1. The molecule has 0 saturated carbocycles. The van der Waals surface area contributed by atoms with E-state index < -0.39 is 0 Å². The van der Waals surface area contributed by atoms with Gasteiger partial charge in [0.05, 0.1) is 12.1 Å². The maximum Gasteiger partial charge on any atom is 0.0764 e. The number of nitrogens with one attached hydrogen (secondary N) is 1. The Morgan fingerprint density at radius 1 is 1.60 bits per heavy atom. The molecule has 4 heteroatoms. The van der Waals surface area contributed by atoms with Gasteiger partial charge in [0.1, 0.15) is 0 Å². The molecule has 0 radical (unpaired) electrons. The van der Waals surface area contributed by atoms with E-state index in [0.29, 0.717) is 0 Å². The number of rotatable bonds is 5. The lowest BCUT2D eigenvalue weighted by molar-refractivity contribution is 0.0677. The van der Waals surface area contributed by atoms with Crippen LogP contribution in [0.5, 0.6) is 0 Å². The van der Waals surface area contributed by atoms with Gasteiger partial charge in [0.2, 0.25) is 0 Å². The third kappa shape index (κ3) is 2.67. The number of aromatic nitrogens is 1. The number of nitrogen functional groups attached to an aromatic ring is 1. The zero-order valence-electron chi connectivity index (χ0n) is 9.53. The standard InChI is InChI=1S/C11H19N3O/c1-4-10(15-3)11(13-2)8-7-14-6-5-9(8)12/h5-7,10-11,13H,4H2,1-3H3,(H2,12,14). The van der Waals surface area contributed by atoms with E-state index in [4.69, 9.17) is 10.5 Å². The van der Waals surface area contributed by atoms with E-state index in [1.54, 1.807) is 19.5 Å². The molecule has 84 valence electrons. The number of nitrogens with two attached hydrogens (primary N) is 1. The second-order valence-corrected chi connectivity index (χ2v) is 3.45. The van der Waals surface area contributed by atoms with E-state index in [1.807, 2.05) is 13.1 Å². The number of likely N-dealkylation sites (N-methyl/N-ethyl adjacent to an activating group) is 1. The largest absolute Gasteiger partial charge is 0.398 e. The number of anilines is 1. The maximum atomic E-state index is 5.91. The van der Waals surface area contributed by atoms with Gasteiger partial charge in [-0.05, 0) is 19.5 Å². The van der Waals surface area contributed by atoms with E-state index in [-0.39, 0.29) is 12.1 Å². The third-order valence-electron chi connectivity index (χ3n) is 2.61. The van der Waals surface area contributed by atoms with E-state index in [9.17, 15) is 0 Å². The van der Waals surface area contributed by atoms with Crippen LogP contribution in [0, 0.1) is 0 Å². The van der Waals surface area contributed by atoms with Crippen molar-refractivity contribution in [2.24, 2.45) is 0 Å². The molecule has 1 aromatic rings. The summed E-state index contributed by atoms with van der Waals surface area (Å²) >= 11 is 0. The molecule has 15 heavy (non-hydrogen) atoms. The number of methoxy groups -OCH3 is 1. The highest BCUT2D eigenvalue weighted by Gasteiger charge is 2.21. The van der Waals surface area contributed by atoms with Gasteiger partial charge in [0, 0.05) is 30.8 Å². The summed E-state index contributed by atoms with van der Waals surface area (Å²) in [5.41, 5.74) is 7.65. The third-order valence-corrected chi connectivity index (χ3v) is 2.61. The van der Waals surface area contributed by atoms with Gasteiger partial charge in [-0.25, -0.2) is 0 Å². The molecule has 1 aromatic heterocycles. The molecule has 3 N–H and O–H groups in total. The summed E-state index contributed by atoms with van der Waals surface area (Å²) in [6.07, 6.45) is 4.52. The van der Waals surface area contributed by atoms with Gasteiger partial charge in [-0.2, -0.15) is 0 Å². The van der Waals surface area contributed by atoms with Crippen LogP contribution >= 0.6 is 0 Å². The Kier molecular flexibility index (Phi) is 4.52. The second kappa shape index (κ2) is 5.68. The van der Waals surface area contributed by atoms with Gasteiger partial charge in [-0.3, -0.25) is 4.98 Å². The fourth-order valence-corrected chi connectivity index (χ4v) is 1.76. The number of nitrogens with zero attached hydrogens (tertiary/aromatic N) is 1. The zero-order valence-corrected chi connectivity index (χ0v) is 9.53. The molecule has 0 amide bonds. The van der Waals surface area contributed by atoms with Crippen molar-refractivity contribution in [1.82, 2.24) is 10.3 Å². The van der Waals surface area contributed by atoms with Crippen LogP contribution in [-0.2, 0) is 4.74 Å². The van der Waals surface area contributed by atoms with Gasteiger partial charge in [0.25, 0.3) is 0 Å².